The van der Waals surface area contributed by atoms with E-state index in [0.29, 0.717) is 0 Å². The zero-order chi connectivity index (χ0) is 10.3. The highest BCUT2D eigenvalue weighted by molar-refractivity contribution is 4.88. The minimum atomic E-state index is -0.0768. The maximum absolute atomic E-state index is 5.56. The van der Waals surface area contributed by atoms with Gasteiger partial charge in [0, 0.05) is 20.0 Å². The van der Waals surface area contributed by atoms with Crippen molar-refractivity contribution in [2.75, 3.05) is 13.7 Å². The van der Waals surface area contributed by atoms with Gasteiger partial charge in [0.05, 0.1) is 18.0 Å². The summed E-state index contributed by atoms with van der Waals surface area (Å²) in [5.41, 5.74) is -0.0768. The van der Waals surface area contributed by atoms with E-state index >= 15 is 0 Å². The Bertz CT molecular complexity index is 159. The first kappa shape index (κ1) is 12.5. The molecule has 0 aromatic carbocycles. The molecule has 0 atom stereocenters. The van der Waals surface area contributed by atoms with Gasteiger partial charge < -0.3 is 9.47 Å². The van der Waals surface area contributed by atoms with E-state index in [9.17, 15) is 0 Å². The van der Waals surface area contributed by atoms with Crippen LogP contribution in [0.15, 0.2) is 11.8 Å². The van der Waals surface area contributed by atoms with Crippen molar-refractivity contribution in [1.29, 1.82) is 0 Å². The number of rotatable bonds is 6. The summed E-state index contributed by atoms with van der Waals surface area (Å²) >= 11 is 0. The third-order valence-electron chi connectivity index (χ3n) is 2.21. The molecular weight excluding hydrogens is 164 g/mol. The molecule has 0 aliphatic carbocycles. The van der Waals surface area contributed by atoms with Gasteiger partial charge in [-0.05, 0) is 26.8 Å². The van der Waals surface area contributed by atoms with Crippen molar-refractivity contribution < 1.29 is 9.47 Å². The average molecular weight is 186 g/mol. The smallest absolute Gasteiger partial charge is 0.0914 e. The third-order valence-corrected chi connectivity index (χ3v) is 2.21. The van der Waals surface area contributed by atoms with Crippen LogP contribution in [0.4, 0.5) is 0 Å². The Morgan fingerprint density at radius 1 is 1.38 bits per heavy atom. The molecule has 0 amide bonds. The van der Waals surface area contributed by atoms with E-state index in [1.54, 1.807) is 7.11 Å². The van der Waals surface area contributed by atoms with Crippen molar-refractivity contribution >= 4 is 0 Å². The van der Waals surface area contributed by atoms with Gasteiger partial charge in [0.25, 0.3) is 0 Å². The van der Waals surface area contributed by atoms with Crippen molar-refractivity contribution in [1.82, 2.24) is 0 Å². The Hall–Kier alpha value is -0.500. The molecule has 0 saturated heterocycles. The van der Waals surface area contributed by atoms with E-state index in [1.165, 1.54) is 0 Å². The Morgan fingerprint density at radius 3 is 2.38 bits per heavy atom. The van der Waals surface area contributed by atoms with Gasteiger partial charge in [0.2, 0.25) is 0 Å². The van der Waals surface area contributed by atoms with Crippen molar-refractivity contribution in [3.8, 4) is 0 Å². The number of hydrogen-bond donors (Lipinski definition) is 0. The van der Waals surface area contributed by atoms with Gasteiger partial charge in [-0.15, -0.1) is 0 Å². The molecule has 0 saturated carbocycles. The second-order valence-corrected chi connectivity index (χ2v) is 3.67. The number of hydrogen-bond acceptors (Lipinski definition) is 2. The van der Waals surface area contributed by atoms with Crippen LogP contribution >= 0.6 is 0 Å². The van der Waals surface area contributed by atoms with Gasteiger partial charge in [-0.25, -0.2) is 0 Å². The average Bonchev–Trinajstić information content (AvgIpc) is 2.12. The molecule has 0 heterocycles. The van der Waals surface area contributed by atoms with Crippen molar-refractivity contribution in [3.63, 3.8) is 0 Å². The molecule has 78 valence electrons. The van der Waals surface area contributed by atoms with Crippen LogP contribution in [0.1, 0.15) is 40.5 Å². The first-order valence-electron chi connectivity index (χ1n) is 4.89. The lowest BCUT2D eigenvalue weighted by atomic mass is 10.1. The van der Waals surface area contributed by atoms with Crippen LogP contribution < -0.4 is 0 Å². The Morgan fingerprint density at radius 2 is 2.00 bits per heavy atom. The van der Waals surface area contributed by atoms with Gasteiger partial charge in [0.1, 0.15) is 0 Å². The second-order valence-electron chi connectivity index (χ2n) is 3.67. The molecule has 13 heavy (non-hydrogen) atoms. The molecule has 0 aliphatic heterocycles. The van der Waals surface area contributed by atoms with Gasteiger partial charge in [0.15, 0.2) is 0 Å². The van der Waals surface area contributed by atoms with Crippen LogP contribution in [0.2, 0.25) is 0 Å². The zero-order valence-electron chi connectivity index (χ0n) is 9.52. The summed E-state index contributed by atoms with van der Waals surface area (Å²) < 4.78 is 10.8. The van der Waals surface area contributed by atoms with Crippen molar-refractivity contribution in [3.05, 3.63) is 11.8 Å². The molecule has 0 N–H and O–H groups in total. The highest BCUT2D eigenvalue weighted by Gasteiger charge is 2.15. The van der Waals surface area contributed by atoms with E-state index in [-0.39, 0.29) is 5.60 Å². The Labute approximate surface area is 81.9 Å². The first-order valence-corrected chi connectivity index (χ1v) is 4.89. The molecular formula is C11H22O2. The molecule has 0 aromatic heterocycles. The summed E-state index contributed by atoms with van der Waals surface area (Å²) in [5, 5.41) is 0. The van der Waals surface area contributed by atoms with Crippen LogP contribution in [0.5, 0.6) is 0 Å². The van der Waals surface area contributed by atoms with Crippen molar-refractivity contribution in [2.24, 2.45) is 0 Å². The van der Waals surface area contributed by atoms with Gasteiger partial charge in [-0.2, -0.15) is 0 Å². The fourth-order valence-electron chi connectivity index (χ4n) is 0.919. The monoisotopic (exact) mass is 186 g/mol. The third kappa shape index (κ3) is 5.69. The normalized spacial score (nSPS) is 13.2. The van der Waals surface area contributed by atoms with E-state index in [4.69, 9.17) is 9.47 Å². The molecule has 0 radical (unpaired) electrons. The molecule has 0 unspecified atom stereocenters. The van der Waals surface area contributed by atoms with Crippen LogP contribution in [-0.2, 0) is 9.47 Å². The lowest BCUT2D eigenvalue weighted by Crippen LogP contribution is -2.24. The summed E-state index contributed by atoms with van der Waals surface area (Å²) in [6.07, 6.45) is 3.89. The molecule has 0 rings (SSSR count). The number of methoxy groups -OCH3 is 1. The lowest BCUT2D eigenvalue weighted by Gasteiger charge is -2.22. The van der Waals surface area contributed by atoms with Crippen LogP contribution in [0, 0.1) is 0 Å². The predicted octanol–water partition coefficient (Wildman–Crippen LogP) is 3.13. The Kier molecular flexibility index (Phi) is 5.80. The molecule has 0 aromatic rings. The summed E-state index contributed by atoms with van der Waals surface area (Å²) in [6.45, 7) is 8.96. The fourth-order valence-corrected chi connectivity index (χ4v) is 0.919. The topological polar surface area (TPSA) is 18.5 Å². The summed E-state index contributed by atoms with van der Waals surface area (Å²) in [6, 6.07) is 0. The number of ether oxygens (including phenoxy) is 2. The lowest BCUT2D eigenvalue weighted by molar-refractivity contribution is -0.00181. The van der Waals surface area contributed by atoms with Crippen LogP contribution in [-0.4, -0.2) is 19.3 Å². The van der Waals surface area contributed by atoms with Crippen molar-refractivity contribution in [2.45, 2.75) is 46.1 Å². The highest BCUT2D eigenvalue weighted by atomic mass is 16.5. The van der Waals surface area contributed by atoms with E-state index in [2.05, 4.69) is 20.8 Å². The SMILES string of the molecule is CC=C(CC)OCCC(C)(C)OC. The predicted molar refractivity (Wildman–Crippen MR) is 55.7 cm³/mol. The molecule has 2 nitrogen and oxygen atoms in total. The minimum Gasteiger partial charge on any atom is -0.498 e. The first-order chi connectivity index (χ1) is 6.05. The van der Waals surface area contributed by atoms with E-state index < -0.39 is 0 Å². The molecule has 0 bridgehead atoms. The largest absolute Gasteiger partial charge is 0.498 e. The minimum absolute atomic E-state index is 0.0768. The molecule has 0 aliphatic rings. The standard InChI is InChI=1S/C11H22O2/c1-6-10(7-2)13-9-8-11(3,4)12-5/h6H,7-9H2,1-5H3. The van der Waals surface area contributed by atoms with E-state index in [1.807, 2.05) is 13.0 Å². The summed E-state index contributed by atoms with van der Waals surface area (Å²) in [4.78, 5) is 0. The number of allylic oxidation sites excluding steroid dienone is 2. The van der Waals surface area contributed by atoms with Gasteiger partial charge >= 0.3 is 0 Å². The zero-order valence-corrected chi connectivity index (χ0v) is 9.52. The summed E-state index contributed by atoms with van der Waals surface area (Å²) in [7, 11) is 1.73. The van der Waals surface area contributed by atoms with E-state index in [0.717, 1.165) is 25.2 Å². The Balaban J connectivity index is 3.67. The van der Waals surface area contributed by atoms with Gasteiger partial charge in [-0.3, -0.25) is 0 Å². The molecule has 2 heteroatoms. The van der Waals surface area contributed by atoms with Crippen LogP contribution in [0.25, 0.3) is 0 Å². The maximum Gasteiger partial charge on any atom is 0.0914 e. The maximum atomic E-state index is 5.56. The fraction of sp³-hybridized carbons (Fsp3) is 0.818. The molecule has 0 fully saturated rings. The van der Waals surface area contributed by atoms with Crippen LogP contribution in [0.3, 0.4) is 0 Å². The van der Waals surface area contributed by atoms with Gasteiger partial charge in [-0.1, -0.05) is 6.92 Å². The molecule has 0 spiro atoms. The summed E-state index contributed by atoms with van der Waals surface area (Å²) in [5.74, 6) is 1.06. The highest BCUT2D eigenvalue weighted by Crippen LogP contribution is 2.14. The quantitative estimate of drug-likeness (QED) is 0.593. The second kappa shape index (κ2) is 6.03.